The Morgan fingerprint density at radius 1 is 1.00 bits per heavy atom. The molecule has 3 N–H and O–H groups in total. The van der Waals surface area contributed by atoms with Crippen molar-refractivity contribution < 1.29 is 39.7 Å². The van der Waals surface area contributed by atoms with Crippen molar-refractivity contribution in [2.75, 3.05) is 6.61 Å². The van der Waals surface area contributed by atoms with E-state index in [0.717, 1.165) is 0 Å². The lowest BCUT2D eigenvalue weighted by molar-refractivity contribution is -0.105. The van der Waals surface area contributed by atoms with E-state index in [1.807, 2.05) is 0 Å². The van der Waals surface area contributed by atoms with Gasteiger partial charge in [-0.3, -0.25) is 9.11 Å². The molecule has 0 bridgehead atoms. The lowest BCUT2D eigenvalue weighted by Gasteiger charge is -1.92. The summed E-state index contributed by atoms with van der Waals surface area (Å²) < 4.78 is 58.9. The molecule has 0 aliphatic rings. The van der Waals surface area contributed by atoms with Crippen LogP contribution in [0.3, 0.4) is 0 Å². The van der Waals surface area contributed by atoms with Crippen LogP contribution in [0.4, 0.5) is 0 Å². The summed E-state index contributed by atoms with van der Waals surface area (Å²) in [5, 5.41) is 7.57. The van der Waals surface area contributed by atoms with Gasteiger partial charge in [-0.05, 0) is 6.92 Å². The summed E-state index contributed by atoms with van der Waals surface area (Å²) in [6.45, 7) is 1.93. The first-order valence-electron chi connectivity index (χ1n) is 2.56. The largest absolute Gasteiger partial charge is 0.425 e. The third-order valence-electron chi connectivity index (χ3n) is 0.200. The van der Waals surface area contributed by atoms with Gasteiger partial charge >= 0.3 is 20.8 Å². The predicted molar refractivity (Wildman–Crippen MR) is 38.0 cm³/mol. The fourth-order valence-corrected chi connectivity index (χ4v) is 0.632. The van der Waals surface area contributed by atoms with Gasteiger partial charge in [0.2, 0.25) is 0 Å². The fraction of sp³-hybridized carbons (Fsp3) is 1.00. The first-order chi connectivity index (χ1) is 5.62. The van der Waals surface area contributed by atoms with Crippen LogP contribution >= 0.6 is 0 Å². The van der Waals surface area contributed by atoms with Gasteiger partial charge in [-0.2, -0.15) is 16.8 Å². The molecule has 0 fully saturated rings. The molecule has 0 aromatic carbocycles. The maximum Gasteiger partial charge on any atom is 0.425 e. The number of hydrogen-bond acceptors (Lipinski definition) is 7. The van der Waals surface area contributed by atoms with Gasteiger partial charge < -0.3 is 5.11 Å². The quantitative estimate of drug-likeness (QED) is 0.305. The molecule has 0 rings (SSSR count). The van der Waals surface area contributed by atoms with Gasteiger partial charge in [0.15, 0.2) is 0 Å². The lowest BCUT2D eigenvalue weighted by atomic mass is 10.9. The summed E-state index contributed by atoms with van der Waals surface area (Å²) in [6, 6.07) is 0. The zero-order chi connectivity index (χ0) is 11.1. The molecule has 11 heteroatoms. The Hall–Kier alpha value is -0.300. The minimum Gasteiger partial charge on any atom is -0.397 e. The number of hydrogen-bond donors (Lipinski definition) is 3. The molecule has 0 saturated heterocycles. The second-order valence-corrected chi connectivity index (χ2v) is 3.29. The fourth-order valence-electron chi connectivity index (χ4n) is 0.0702. The van der Waals surface area contributed by atoms with Crippen LogP contribution in [0.15, 0.2) is 0 Å². The maximum atomic E-state index is 9.51. The molecule has 0 saturated carbocycles. The molecular weight excluding hydrogens is 232 g/mol. The zero-order valence-corrected chi connectivity index (χ0v) is 7.95. The van der Waals surface area contributed by atoms with E-state index >= 15 is 0 Å². The Labute approximate surface area is 74.7 Å². The molecule has 0 unspecified atom stereocenters. The van der Waals surface area contributed by atoms with E-state index in [4.69, 9.17) is 14.2 Å². The zero-order valence-electron chi connectivity index (χ0n) is 6.31. The van der Waals surface area contributed by atoms with Crippen molar-refractivity contribution in [2.45, 2.75) is 6.92 Å². The van der Waals surface area contributed by atoms with Gasteiger partial charge in [-0.1, -0.05) is 8.67 Å². The summed E-state index contributed by atoms with van der Waals surface area (Å²) in [4.78, 5) is 0. The van der Waals surface area contributed by atoms with Gasteiger partial charge in [-0.25, -0.2) is 0 Å². The van der Waals surface area contributed by atoms with Crippen molar-refractivity contribution in [1.29, 1.82) is 0 Å². The van der Waals surface area contributed by atoms with Crippen molar-refractivity contribution in [3.05, 3.63) is 0 Å². The predicted octanol–water partition coefficient (Wildman–Crippen LogP) is -1.46. The van der Waals surface area contributed by atoms with Crippen molar-refractivity contribution in [3.63, 3.8) is 0 Å². The highest BCUT2D eigenvalue weighted by Crippen LogP contribution is 1.92. The van der Waals surface area contributed by atoms with Crippen LogP contribution in [0.2, 0.25) is 0 Å². The Balaban J connectivity index is 0. The highest BCUT2D eigenvalue weighted by atomic mass is 32.3. The van der Waals surface area contributed by atoms with E-state index in [-0.39, 0.29) is 6.61 Å². The molecule has 0 atom stereocenters. The number of rotatable bonds is 3. The van der Waals surface area contributed by atoms with Gasteiger partial charge in [0, 0.05) is 6.61 Å². The second kappa shape index (κ2) is 6.20. The van der Waals surface area contributed by atoms with Crippen LogP contribution in [0.25, 0.3) is 0 Å². The van der Waals surface area contributed by atoms with E-state index < -0.39 is 20.8 Å². The van der Waals surface area contributed by atoms with Gasteiger partial charge in [0.05, 0.1) is 0 Å². The average molecular weight is 240 g/mol. The van der Waals surface area contributed by atoms with Crippen LogP contribution in [0.1, 0.15) is 6.92 Å². The molecule has 0 aliphatic carbocycles. The SMILES string of the molecule is CCO.O=S(=O)(O)OOS(=O)(=O)O. The monoisotopic (exact) mass is 240 g/mol. The highest BCUT2D eigenvalue weighted by molar-refractivity contribution is 7.83. The molecule has 9 nitrogen and oxygen atoms in total. The normalized spacial score (nSPS) is 11.7. The van der Waals surface area contributed by atoms with Gasteiger partial charge in [0.25, 0.3) is 0 Å². The Morgan fingerprint density at radius 2 is 1.15 bits per heavy atom. The molecule has 82 valence electrons. The molecular formula is C2H8O9S2. The number of aliphatic hydroxyl groups excluding tert-OH is 1. The van der Waals surface area contributed by atoms with E-state index in [1.165, 1.54) is 0 Å². The van der Waals surface area contributed by atoms with Crippen LogP contribution in [0.5, 0.6) is 0 Å². The van der Waals surface area contributed by atoms with Crippen molar-refractivity contribution in [1.82, 2.24) is 0 Å². The average Bonchev–Trinajstić information content (AvgIpc) is 1.82. The van der Waals surface area contributed by atoms with Crippen molar-refractivity contribution in [3.8, 4) is 0 Å². The number of aliphatic hydroxyl groups is 1. The summed E-state index contributed by atoms with van der Waals surface area (Å²) >= 11 is 0. The minimum absolute atomic E-state index is 0.250. The first kappa shape index (κ1) is 15.2. The van der Waals surface area contributed by atoms with Crippen molar-refractivity contribution >= 4 is 20.8 Å². The summed E-state index contributed by atoms with van der Waals surface area (Å²) in [5.41, 5.74) is 0. The molecule has 0 radical (unpaired) electrons. The van der Waals surface area contributed by atoms with E-state index in [1.54, 1.807) is 6.92 Å². The van der Waals surface area contributed by atoms with Crippen LogP contribution < -0.4 is 0 Å². The van der Waals surface area contributed by atoms with Gasteiger partial charge in [-0.15, -0.1) is 0 Å². The maximum absolute atomic E-state index is 9.51. The molecule has 0 aliphatic heterocycles. The first-order valence-corrected chi connectivity index (χ1v) is 5.29. The van der Waals surface area contributed by atoms with E-state index in [2.05, 4.69) is 8.67 Å². The Morgan fingerprint density at radius 3 is 1.23 bits per heavy atom. The van der Waals surface area contributed by atoms with E-state index in [9.17, 15) is 16.8 Å². The summed E-state index contributed by atoms with van der Waals surface area (Å²) in [7, 11) is -10.0. The summed E-state index contributed by atoms with van der Waals surface area (Å²) in [5.74, 6) is 0. The standard InChI is InChI=1S/C2H6O.H2O8S2/c1-2-3;1-9(2,3)7-8-10(4,5)6/h3H,2H2,1H3;(H,1,2,3)(H,4,5,6). The third-order valence-corrected chi connectivity index (χ3v) is 0.766. The smallest absolute Gasteiger partial charge is 0.397 e. The molecule has 13 heavy (non-hydrogen) atoms. The van der Waals surface area contributed by atoms with Crippen LogP contribution in [-0.4, -0.2) is 37.7 Å². The van der Waals surface area contributed by atoms with Crippen LogP contribution in [0, 0.1) is 0 Å². The minimum atomic E-state index is -5.02. The Bertz CT molecular complexity index is 265. The molecule has 0 aromatic heterocycles. The second-order valence-electron chi connectivity index (χ2n) is 1.31. The molecule has 0 heterocycles. The Kier molecular flexibility index (Phi) is 7.24. The van der Waals surface area contributed by atoms with Crippen LogP contribution in [-0.2, 0) is 29.5 Å². The topological polar surface area (TPSA) is 147 Å². The molecule has 0 spiro atoms. The molecule has 0 aromatic rings. The highest BCUT2D eigenvalue weighted by Gasteiger charge is 2.13. The van der Waals surface area contributed by atoms with Crippen molar-refractivity contribution in [2.24, 2.45) is 0 Å². The summed E-state index contributed by atoms with van der Waals surface area (Å²) in [6.07, 6.45) is 0. The third kappa shape index (κ3) is 24.5. The molecule has 0 amide bonds. The lowest BCUT2D eigenvalue weighted by Crippen LogP contribution is -2.10. The van der Waals surface area contributed by atoms with E-state index in [0.29, 0.717) is 0 Å². The van der Waals surface area contributed by atoms with Gasteiger partial charge in [0.1, 0.15) is 0 Å².